The Hall–Kier alpha value is -5.63. The normalized spacial score (nSPS) is 19.1. The number of imide groups is 1. The van der Waals surface area contributed by atoms with Gasteiger partial charge in [0.25, 0.3) is 17.7 Å². The van der Waals surface area contributed by atoms with Gasteiger partial charge >= 0.3 is 0 Å². The number of anilines is 1. The van der Waals surface area contributed by atoms with Gasteiger partial charge in [0.1, 0.15) is 17.4 Å². The predicted molar refractivity (Wildman–Crippen MR) is 184 cm³/mol. The zero-order valence-corrected chi connectivity index (χ0v) is 28.4. The largest absolute Gasteiger partial charge is 0.489 e. The Morgan fingerprint density at radius 1 is 1.04 bits per heavy atom. The second-order valence-corrected chi connectivity index (χ2v) is 14.0. The molecule has 4 aliphatic heterocycles. The summed E-state index contributed by atoms with van der Waals surface area (Å²) in [4.78, 5) is 73.9. The molecule has 2 saturated heterocycles. The van der Waals surface area contributed by atoms with Crippen LogP contribution in [0.25, 0.3) is 5.65 Å². The number of piperidine rings is 1. The summed E-state index contributed by atoms with van der Waals surface area (Å²) in [6, 6.07) is 10.6. The lowest BCUT2D eigenvalue weighted by atomic mass is 9.98. The topological polar surface area (TPSA) is 159 Å². The van der Waals surface area contributed by atoms with E-state index in [4.69, 9.17) is 4.74 Å². The molecule has 8 rings (SSSR count). The summed E-state index contributed by atoms with van der Waals surface area (Å²) in [7, 11) is 0. The number of amides is 5. The summed E-state index contributed by atoms with van der Waals surface area (Å²) in [6.45, 7) is 7.86. The van der Waals surface area contributed by atoms with Crippen LogP contribution in [-0.2, 0) is 29.1 Å². The van der Waals surface area contributed by atoms with E-state index in [1.807, 2.05) is 36.9 Å². The zero-order chi connectivity index (χ0) is 35.4. The Labute approximate surface area is 293 Å². The molecule has 2 fully saturated rings. The maximum Gasteiger partial charge on any atom is 0.261 e. The number of nitrogens with one attached hydrogen (secondary N) is 2. The van der Waals surface area contributed by atoms with Crippen molar-refractivity contribution in [2.45, 2.75) is 58.3 Å². The molecule has 2 N–H and O–H groups in total. The van der Waals surface area contributed by atoms with Crippen molar-refractivity contribution in [2.24, 2.45) is 5.92 Å². The highest BCUT2D eigenvalue weighted by molar-refractivity contribution is 6.09. The summed E-state index contributed by atoms with van der Waals surface area (Å²) in [5.74, 6) is -0.495. The molecule has 2 aromatic carbocycles. The number of benzene rings is 2. The van der Waals surface area contributed by atoms with Crippen molar-refractivity contribution in [1.82, 2.24) is 34.6 Å². The van der Waals surface area contributed by atoms with E-state index in [-0.39, 0.29) is 36.2 Å². The summed E-state index contributed by atoms with van der Waals surface area (Å²) >= 11 is 0. The van der Waals surface area contributed by atoms with Gasteiger partial charge in [0.15, 0.2) is 5.65 Å². The highest BCUT2D eigenvalue weighted by atomic mass is 16.5. The molecular weight excluding hydrogens is 652 g/mol. The Bertz CT molecular complexity index is 2100. The van der Waals surface area contributed by atoms with Gasteiger partial charge in [0.2, 0.25) is 11.8 Å². The first-order valence-electron chi connectivity index (χ1n) is 17.3. The van der Waals surface area contributed by atoms with Gasteiger partial charge in [-0.05, 0) is 67.6 Å². The first-order chi connectivity index (χ1) is 24.6. The molecule has 0 radical (unpaired) electrons. The van der Waals surface area contributed by atoms with Crippen LogP contribution >= 0.6 is 0 Å². The summed E-state index contributed by atoms with van der Waals surface area (Å²) in [5, 5.41) is 9.52. The average Bonchev–Trinajstić information content (AvgIpc) is 3.75. The summed E-state index contributed by atoms with van der Waals surface area (Å²) < 4.78 is 7.59. The molecule has 51 heavy (non-hydrogen) atoms. The number of carbonyl (C=O) groups excluding carboxylic acids is 5. The van der Waals surface area contributed by atoms with E-state index in [1.165, 1.54) is 10.7 Å². The molecule has 0 bridgehead atoms. The van der Waals surface area contributed by atoms with E-state index in [1.54, 1.807) is 29.4 Å². The Kier molecular flexibility index (Phi) is 8.25. The van der Waals surface area contributed by atoms with Crippen molar-refractivity contribution >= 4 is 40.9 Å². The smallest absolute Gasteiger partial charge is 0.261 e. The van der Waals surface area contributed by atoms with Crippen LogP contribution in [0.4, 0.5) is 5.69 Å². The molecule has 4 aromatic rings. The Morgan fingerprint density at radius 2 is 1.86 bits per heavy atom. The lowest BCUT2D eigenvalue weighted by molar-refractivity contribution is -0.136. The van der Waals surface area contributed by atoms with Gasteiger partial charge in [0, 0.05) is 75.1 Å². The third-order valence-corrected chi connectivity index (χ3v) is 10.0. The number of hydrogen-bond donors (Lipinski definition) is 2. The minimum absolute atomic E-state index is 0.0409. The van der Waals surface area contributed by atoms with Crippen molar-refractivity contribution in [1.29, 1.82) is 0 Å². The molecule has 0 saturated carbocycles. The van der Waals surface area contributed by atoms with Gasteiger partial charge in [-0.2, -0.15) is 5.10 Å². The van der Waals surface area contributed by atoms with Gasteiger partial charge in [0.05, 0.1) is 18.0 Å². The number of aromatic nitrogens is 3. The first-order valence-corrected chi connectivity index (χ1v) is 17.3. The van der Waals surface area contributed by atoms with E-state index < -0.39 is 11.9 Å². The fourth-order valence-corrected chi connectivity index (χ4v) is 7.53. The lowest BCUT2D eigenvalue weighted by Gasteiger charge is -2.41. The van der Waals surface area contributed by atoms with Gasteiger partial charge in [-0.15, -0.1) is 0 Å². The second kappa shape index (κ2) is 12.9. The fraction of sp³-hybridized carbons (Fsp3) is 0.378. The van der Waals surface area contributed by atoms with Gasteiger partial charge in [-0.1, -0.05) is 12.1 Å². The molecule has 262 valence electrons. The number of ether oxygens (including phenoxy) is 1. The third kappa shape index (κ3) is 6.20. The quantitative estimate of drug-likeness (QED) is 0.239. The van der Waals surface area contributed by atoms with E-state index in [0.29, 0.717) is 65.7 Å². The standard InChI is InChI=1S/C37H38N8O6/c1-21(2)51-31-14-27-25(13-29(31)40-34(47)28-15-39-45-10-3-9-38-33(28)45)19-43(36(27)49)18-23-16-42(17-23)11-8-22-4-5-26-24(12-22)20-44(37(26)50)30-6-7-32(46)41-35(30)48/h3-5,9-10,12-15,21,23,30H,6-8,11,16-20H2,1-2H3,(H,40,47)(H,41,46,48). The molecule has 4 aliphatic rings. The lowest BCUT2D eigenvalue weighted by Crippen LogP contribution is -2.52. The van der Waals surface area contributed by atoms with Crippen LogP contribution in [0.1, 0.15) is 74.5 Å². The molecular formula is C37H38N8O6. The van der Waals surface area contributed by atoms with Crippen LogP contribution in [0.3, 0.4) is 0 Å². The van der Waals surface area contributed by atoms with Gasteiger partial charge < -0.3 is 24.8 Å². The fourth-order valence-electron chi connectivity index (χ4n) is 7.53. The van der Waals surface area contributed by atoms with Crippen LogP contribution in [0, 0.1) is 5.92 Å². The number of carbonyl (C=O) groups is 5. The van der Waals surface area contributed by atoms with E-state index in [0.717, 1.165) is 42.7 Å². The molecule has 1 atom stereocenters. The number of hydrogen-bond acceptors (Lipinski definition) is 9. The highest BCUT2D eigenvalue weighted by Crippen LogP contribution is 2.36. The van der Waals surface area contributed by atoms with Crippen LogP contribution in [0.5, 0.6) is 5.75 Å². The van der Waals surface area contributed by atoms with Crippen molar-refractivity contribution in [3.8, 4) is 5.75 Å². The molecule has 0 aliphatic carbocycles. The molecule has 2 aromatic heterocycles. The predicted octanol–water partition coefficient (Wildman–Crippen LogP) is 2.66. The average molecular weight is 691 g/mol. The van der Waals surface area contributed by atoms with Crippen LogP contribution in [0.15, 0.2) is 55.0 Å². The monoisotopic (exact) mass is 690 g/mol. The van der Waals surface area contributed by atoms with Gasteiger partial charge in [-0.3, -0.25) is 29.3 Å². The Morgan fingerprint density at radius 3 is 2.67 bits per heavy atom. The van der Waals surface area contributed by atoms with Gasteiger partial charge in [-0.25, -0.2) is 9.50 Å². The SMILES string of the molecule is CC(C)Oc1cc2c(cc1NC(=O)c1cnn3cccnc13)CN(CC1CN(CCc3ccc4c(c3)CN(C3CCC(=O)NC3=O)C4=O)C1)C2=O. The first kappa shape index (κ1) is 32.6. The molecule has 0 spiro atoms. The van der Waals surface area contributed by atoms with Crippen molar-refractivity contribution in [2.75, 3.05) is 31.5 Å². The number of rotatable bonds is 10. The minimum Gasteiger partial charge on any atom is -0.489 e. The van der Waals surface area contributed by atoms with Crippen molar-refractivity contribution in [3.05, 3.63) is 88.4 Å². The molecule has 5 amide bonds. The van der Waals surface area contributed by atoms with Crippen LogP contribution < -0.4 is 15.4 Å². The van der Waals surface area contributed by atoms with E-state index >= 15 is 0 Å². The molecule has 14 nitrogen and oxygen atoms in total. The van der Waals surface area contributed by atoms with E-state index in [2.05, 4.69) is 31.7 Å². The van der Waals surface area contributed by atoms with Crippen molar-refractivity contribution in [3.63, 3.8) is 0 Å². The summed E-state index contributed by atoms with van der Waals surface area (Å²) in [5.41, 5.74) is 5.35. The number of fused-ring (bicyclic) bond motifs is 3. The Balaban J connectivity index is 0.860. The van der Waals surface area contributed by atoms with Crippen molar-refractivity contribution < 1.29 is 28.7 Å². The summed E-state index contributed by atoms with van der Waals surface area (Å²) in [6.07, 6.45) is 6.04. The molecule has 6 heterocycles. The van der Waals surface area contributed by atoms with Crippen LogP contribution in [0.2, 0.25) is 0 Å². The maximum absolute atomic E-state index is 13.5. The molecule has 1 unspecified atom stereocenters. The zero-order valence-electron chi connectivity index (χ0n) is 28.4. The minimum atomic E-state index is -0.621. The molecule has 14 heteroatoms. The third-order valence-electron chi connectivity index (χ3n) is 10.0. The maximum atomic E-state index is 13.5. The van der Waals surface area contributed by atoms with E-state index in [9.17, 15) is 24.0 Å². The second-order valence-electron chi connectivity index (χ2n) is 14.0. The number of likely N-dealkylation sites (tertiary alicyclic amines) is 1. The number of nitrogens with zero attached hydrogens (tertiary/aromatic N) is 6. The van der Waals surface area contributed by atoms with Crippen LogP contribution in [-0.4, -0.2) is 97.2 Å². The highest BCUT2D eigenvalue weighted by Gasteiger charge is 2.39.